The first-order valence-electron chi connectivity index (χ1n) is 7.73. The van der Waals surface area contributed by atoms with Crippen LogP contribution in [0.15, 0.2) is 53.7 Å². The van der Waals surface area contributed by atoms with E-state index in [9.17, 15) is 9.18 Å². The number of thioether (sulfide) groups is 1. The van der Waals surface area contributed by atoms with Crippen LogP contribution in [0.5, 0.6) is 0 Å². The van der Waals surface area contributed by atoms with Crippen LogP contribution >= 0.6 is 11.8 Å². The average molecular weight is 330 g/mol. The van der Waals surface area contributed by atoms with Gasteiger partial charge in [0.05, 0.1) is 11.8 Å². The van der Waals surface area contributed by atoms with Gasteiger partial charge in [0.1, 0.15) is 5.82 Å². The monoisotopic (exact) mass is 330 g/mol. The van der Waals surface area contributed by atoms with E-state index in [1.807, 2.05) is 23.1 Å². The highest BCUT2D eigenvalue weighted by atomic mass is 32.2. The molecule has 1 saturated heterocycles. The highest BCUT2D eigenvalue weighted by molar-refractivity contribution is 8.00. The SMILES string of the molecule is C[C@@H]1CCN(C(=O)CSc2ccncc2)[C@@H]1c1cccc(F)c1. The van der Waals surface area contributed by atoms with Crippen molar-refractivity contribution in [2.75, 3.05) is 12.3 Å². The molecule has 0 aliphatic carbocycles. The number of benzene rings is 1. The number of amides is 1. The van der Waals surface area contributed by atoms with Gasteiger partial charge >= 0.3 is 0 Å². The molecule has 1 fully saturated rings. The summed E-state index contributed by atoms with van der Waals surface area (Å²) < 4.78 is 13.5. The summed E-state index contributed by atoms with van der Waals surface area (Å²) in [4.78, 5) is 19.5. The van der Waals surface area contributed by atoms with Crippen LogP contribution in [0.1, 0.15) is 24.9 Å². The van der Waals surface area contributed by atoms with E-state index in [0.717, 1.165) is 23.4 Å². The van der Waals surface area contributed by atoms with E-state index >= 15 is 0 Å². The molecule has 0 spiro atoms. The van der Waals surface area contributed by atoms with Crippen LogP contribution in [0, 0.1) is 11.7 Å². The van der Waals surface area contributed by atoms with Gasteiger partial charge in [0.15, 0.2) is 0 Å². The smallest absolute Gasteiger partial charge is 0.233 e. The number of pyridine rings is 1. The molecule has 0 saturated carbocycles. The standard InChI is InChI=1S/C18H19FN2OS/c1-13-7-10-21(18(13)14-3-2-4-15(19)11-14)17(22)12-23-16-5-8-20-9-6-16/h2-6,8-9,11,13,18H,7,10,12H2,1H3/t13-,18+/m1/s1. The van der Waals surface area contributed by atoms with Gasteiger partial charge in [0.25, 0.3) is 0 Å². The fourth-order valence-corrected chi connectivity index (χ4v) is 3.86. The molecule has 1 aromatic carbocycles. The number of carbonyl (C=O) groups excluding carboxylic acids is 1. The molecular weight excluding hydrogens is 311 g/mol. The van der Waals surface area contributed by atoms with E-state index in [-0.39, 0.29) is 17.8 Å². The van der Waals surface area contributed by atoms with Crippen molar-refractivity contribution in [2.24, 2.45) is 5.92 Å². The fourth-order valence-electron chi connectivity index (χ4n) is 3.09. The Bertz CT molecular complexity index is 680. The summed E-state index contributed by atoms with van der Waals surface area (Å²) in [6.07, 6.45) is 4.40. The Morgan fingerprint density at radius 3 is 2.87 bits per heavy atom. The predicted octanol–water partition coefficient (Wildman–Crippen LogP) is 3.92. The molecule has 1 aromatic heterocycles. The molecule has 2 heterocycles. The van der Waals surface area contributed by atoms with E-state index in [2.05, 4.69) is 11.9 Å². The highest BCUT2D eigenvalue weighted by Crippen LogP contribution is 2.37. The molecule has 23 heavy (non-hydrogen) atoms. The zero-order valence-corrected chi connectivity index (χ0v) is 13.8. The maximum Gasteiger partial charge on any atom is 0.233 e. The maximum atomic E-state index is 13.5. The van der Waals surface area contributed by atoms with E-state index in [4.69, 9.17) is 0 Å². The Labute approximate surface area is 139 Å². The van der Waals surface area contributed by atoms with Gasteiger partial charge in [-0.05, 0) is 42.2 Å². The van der Waals surface area contributed by atoms with Gasteiger partial charge in [-0.15, -0.1) is 11.8 Å². The van der Waals surface area contributed by atoms with Gasteiger partial charge < -0.3 is 4.90 Å². The Hall–Kier alpha value is -1.88. The molecule has 3 rings (SSSR count). The topological polar surface area (TPSA) is 33.2 Å². The number of hydrogen-bond donors (Lipinski definition) is 0. The van der Waals surface area contributed by atoms with E-state index in [0.29, 0.717) is 11.7 Å². The molecule has 5 heteroatoms. The number of aromatic nitrogens is 1. The predicted molar refractivity (Wildman–Crippen MR) is 89.6 cm³/mol. The summed E-state index contributed by atoms with van der Waals surface area (Å²) in [5, 5.41) is 0. The third kappa shape index (κ3) is 3.72. The molecule has 120 valence electrons. The molecule has 2 aromatic rings. The summed E-state index contributed by atoms with van der Waals surface area (Å²) in [5.41, 5.74) is 0.886. The molecule has 3 nitrogen and oxygen atoms in total. The van der Waals surface area contributed by atoms with Crippen LogP contribution in [0.25, 0.3) is 0 Å². The Kier molecular flexibility index (Phi) is 4.96. The molecule has 1 aliphatic heterocycles. The zero-order valence-electron chi connectivity index (χ0n) is 13.0. The van der Waals surface area contributed by atoms with Crippen molar-refractivity contribution in [3.63, 3.8) is 0 Å². The lowest BCUT2D eigenvalue weighted by Gasteiger charge is -2.27. The zero-order chi connectivity index (χ0) is 16.2. The van der Waals surface area contributed by atoms with Crippen LogP contribution in [0.3, 0.4) is 0 Å². The summed E-state index contributed by atoms with van der Waals surface area (Å²) in [7, 11) is 0. The van der Waals surface area contributed by atoms with Gasteiger partial charge in [0, 0.05) is 23.8 Å². The normalized spacial score (nSPS) is 20.7. The Morgan fingerprint density at radius 2 is 2.13 bits per heavy atom. The van der Waals surface area contributed by atoms with Crippen molar-refractivity contribution in [1.29, 1.82) is 0 Å². The molecule has 0 N–H and O–H groups in total. The fraction of sp³-hybridized carbons (Fsp3) is 0.333. The van der Waals surface area contributed by atoms with Crippen LogP contribution in [-0.4, -0.2) is 28.1 Å². The van der Waals surface area contributed by atoms with Gasteiger partial charge in [-0.1, -0.05) is 19.1 Å². The summed E-state index contributed by atoms with van der Waals surface area (Å²) in [6, 6.07) is 10.4. The van der Waals surface area contributed by atoms with Crippen LogP contribution in [0.2, 0.25) is 0 Å². The van der Waals surface area contributed by atoms with Crippen molar-refractivity contribution in [3.8, 4) is 0 Å². The second-order valence-corrected chi connectivity index (χ2v) is 6.87. The van der Waals surface area contributed by atoms with E-state index < -0.39 is 0 Å². The van der Waals surface area contributed by atoms with Crippen LogP contribution < -0.4 is 0 Å². The minimum atomic E-state index is -0.250. The number of hydrogen-bond acceptors (Lipinski definition) is 3. The van der Waals surface area contributed by atoms with Crippen molar-refractivity contribution in [1.82, 2.24) is 9.88 Å². The quantitative estimate of drug-likeness (QED) is 0.797. The minimum absolute atomic E-state index is 0.0313. The van der Waals surface area contributed by atoms with Crippen molar-refractivity contribution in [3.05, 3.63) is 60.2 Å². The highest BCUT2D eigenvalue weighted by Gasteiger charge is 2.35. The largest absolute Gasteiger partial charge is 0.335 e. The number of nitrogens with zero attached hydrogens (tertiary/aromatic N) is 2. The minimum Gasteiger partial charge on any atom is -0.335 e. The lowest BCUT2D eigenvalue weighted by Crippen LogP contribution is -2.33. The first kappa shape index (κ1) is 16.0. The van der Waals surface area contributed by atoms with Crippen LogP contribution in [-0.2, 0) is 4.79 Å². The van der Waals surface area contributed by atoms with E-state index in [1.165, 1.54) is 17.8 Å². The second kappa shape index (κ2) is 7.13. The second-order valence-electron chi connectivity index (χ2n) is 5.82. The molecule has 0 unspecified atom stereocenters. The Balaban J connectivity index is 1.71. The van der Waals surface area contributed by atoms with Crippen molar-refractivity contribution in [2.45, 2.75) is 24.3 Å². The molecule has 1 aliphatic rings. The van der Waals surface area contributed by atoms with Gasteiger partial charge in [-0.25, -0.2) is 4.39 Å². The van der Waals surface area contributed by atoms with Gasteiger partial charge in [-0.2, -0.15) is 0 Å². The molecule has 1 amide bonds. The number of carbonyl (C=O) groups is 1. The number of rotatable bonds is 4. The Morgan fingerprint density at radius 1 is 1.35 bits per heavy atom. The number of likely N-dealkylation sites (tertiary alicyclic amines) is 1. The summed E-state index contributed by atoms with van der Waals surface area (Å²) in [5.74, 6) is 0.583. The summed E-state index contributed by atoms with van der Waals surface area (Å²) in [6.45, 7) is 2.86. The van der Waals surface area contributed by atoms with Gasteiger partial charge in [-0.3, -0.25) is 9.78 Å². The molecule has 2 atom stereocenters. The first-order valence-corrected chi connectivity index (χ1v) is 8.71. The molecular formula is C18H19FN2OS. The lowest BCUT2D eigenvalue weighted by molar-refractivity contribution is -0.129. The number of halogens is 1. The van der Waals surface area contributed by atoms with Crippen molar-refractivity contribution >= 4 is 17.7 Å². The molecule has 0 bridgehead atoms. The third-order valence-electron chi connectivity index (χ3n) is 4.22. The van der Waals surface area contributed by atoms with E-state index in [1.54, 1.807) is 24.5 Å². The third-order valence-corrected chi connectivity index (χ3v) is 5.22. The first-order chi connectivity index (χ1) is 11.1. The van der Waals surface area contributed by atoms with Crippen molar-refractivity contribution < 1.29 is 9.18 Å². The molecule has 0 radical (unpaired) electrons. The summed E-state index contributed by atoms with van der Waals surface area (Å²) >= 11 is 1.51. The van der Waals surface area contributed by atoms with Gasteiger partial charge in [0.2, 0.25) is 5.91 Å². The average Bonchev–Trinajstić information content (AvgIpc) is 2.95. The van der Waals surface area contributed by atoms with Crippen LogP contribution in [0.4, 0.5) is 4.39 Å². The maximum absolute atomic E-state index is 13.5. The lowest BCUT2D eigenvalue weighted by atomic mass is 9.95.